The smallest absolute Gasteiger partial charge is 0.0402 e. The molecular formula is C10H11N. The van der Waals surface area contributed by atoms with Crippen molar-refractivity contribution in [2.24, 2.45) is 0 Å². The molecule has 0 unspecified atom stereocenters. The minimum Gasteiger partial charge on any atom is -0.374 e. The van der Waals surface area contributed by atoms with E-state index >= 15 is 0 Å². The van der Waals surface area contributed by atoms with Gasteiger partial charge in [0.05, 0.1) is 0 Å². The molecule has 0 saturated heterocycles. The highest BCUT2D eigenvalue weighted by Crippen LogP contribution is 2.25. The summed E-state index contributed by atoms with van der Waals surface area (Å²) in [6.07, 6.45) is 4.40. The molecule has 1 nitrogen and oxygen atoms in total. The lowest BCUT2D eigenvalue weighted by molar-refractivity contribution is 0.837. The zero-order valence-electron chi connectivity index (χ0n) is 6.67. The van der Waals surface area contributed by atoms with Gasteiger partial charge >= 0.3 is 0 Å². The molecule has 0 bridgehead atoms. The molecule has 56 valence electrons. The van der Waals surface area contributed by atoms with Crippen molar-refractivity contribution in [3.63, 3.8) is 0 Å². The molecule has 0 fully saturated rings. The summed E-state index contributed by atoms with van der Waals surface area (Å²) in [4.78, 5) is 2.27. The van der Waals surface area contributed by atoms with Gasteiger partial charge in [0.1, 0.15) is 0 Å². The van der Waals surface area contributed by atoms with Gasteiger partial charge in [-0.15, -0.1) is 0 Å². The number of rotatable bonds is 0. The van der Waals surface area contributed by atoms with Gasteiger partial charge in [-0.1, -0.05) is 18.2 Å². The third-order valence-electron chi connectivity index (χ3n) is 2.08. The fourth-order valence-electron chi connectivity index (χ4n) is 1.43. The van der Waals surface area contributed by atoms with Crippen LogP contribution in [0.1, 0.15) is 12.0 Å². The minimum absolute atomic E-state index is 1.05. The number of anilines is 1. The van der Waals surface area contributed by atoms with Crippen molar-refractivity contribution < 1.29 is 0 Å². The molecule has 0 atom stereocenters. The molecule has 1 heteroatoms. The number of nitrogens with zero attached hydrogens (tertiary/aromatic N) is 1. The average molecular weight is 145 g/mol. The second-order valence-electron chi connectivity index (χ2n) is 2.87. The van der Waals surface area contributed by atoms with E-state index in [1.54, 1.807) is 0 Å². The summed E-state index contributed by atoms with van der Waals surface area (Å²) < 4.78 is 0. The number of fused-ring (bicyclic) bond motifs is 1. The van der Waals surface area contributed by atoms with Crippen molar-refractivity contribution in [2.45, 2.75) is 6.42 Å². The molecule has 1 aromatic carbocycles. The van der Waals surface area contributed by atoms with Crippen LogP contribution in [-0.4, -0.2) is 13.6 Å². The summed E-state index contributed by atoms with van der Waals surface area (Å²) in [6, 6.07) is 8.39. The highest BCUT2D eigenvalue weighted by Gasteiger charge is 2.11. The predicted molar refractivity (Wildman–Crippen MR) is 46.7 cm³/mol. The van der Waals surface area contributed by atoms with Crippen LogP contribution in [0.5, 0.6) is 0 Å². The van der Waals surface area contributed by atoms with Crippen molar-refractivity contribution in [3.05, 3.63) is 36.2 Å². The van der Waals surface area contributed by atoms with Crippen LogP contribution in [0.4, 0.5) is 5.69 Å². The standard InChI is InChI=1S/C10H11N/c1-11-8-4-6-9-5-2-3-7-10(9)11/h2-3,5,7H,4,8H2,1H3. The lowest BCUT2D eigenvalue weighted by Crippen LogP contribution is -2.23. The van der Waals surface area contributed by atoms with Crippen LogP contribution in [-0.2, 0) is 0 Å². The molecule has 0 aromatic heterocycles. The van der Waals surface area contributed by atoms with E-state index in [1.807, 2.05) is 0 Å². The summed E-state index contributed by atoms with van der Waals surface area (Å²) in [7, 11) is 2.12. The van der Waals surface area contributed by atoms with Crippen molar-refractivity contribution >= 4 is 5.69 Å². The Bertz CT molecular complexity index is 255. The largest absolute Gasteiger partial charge is 0.374 e. The van der Waals surface area contributed by atoms with Crippen molar-refractivity contribution in [1.82, 2.24) is 0 Å². The molecule has 2 rings (SSSR count). The van der Waals surface area contributed by atoms with Gasteiger partial charge in [-0.3, -0.25) is 0 Å². The van der Waals surface area contributed by atoms with E-state index in [2.05, 4.69) is 42.6 Å². The van der Waals surface area contributed by atoms with Gasteiger partial charge in [0.25, 0.3) is 0 Å². The Morgan fingerprint density at radius 2 is 2.18 bits per heavy atom. The maximum Gasteiger partial charge on any atom is 0.0402 e. The molecule has 11 heavy (non-hydrogen) atoms. The van der Waals surface area contributed by atoms with Crippen molar-refractivity contribution in [3.8, 4) is 0 Å². The first-order valence-corrected chi connectivity index (χ1v) is 3.92. The molecule has 0 spiro atoms. The van der Waals surface area contributed by atoms with Crippen LogP contribution >= 0.6 is 0 Å². The summed E-state index contributed by atoms with van der Waals surface area (Å²) in [5.41, 5.74) is 2.56. The summed E-state index contributed by atoms with van der Waals surface area (Å²) in [5.74, 6) is 0. The van der Waals surface area contributed by atoms with Gasteiger partial charge in [-0.25, -0.2) is 0 Å². The molecular weight excluding hydrogens is 134 g/mol. The summed E-state index contributed by atoms with van der Waals surface area (Å²) in [6.45, 7) is 1.09. The third-order valence-corrected chi connectivity index (χ3v) is 2.08. The van der Waals surface area contributed by atoms with Crippen molar-refractivity contribution in [1.29, 1.82) is 0 Å². The fraction of sp³-hybridized carbons (Fsp3) is 0.300. The Labute approximate surface area is 67.6 Å². The Kier molecular flexibility index (Phi) is 1.57. The summed E-state index contributed by atoms with van der Waals surface area (Å²) in [5, 5.41) is 0. The van der Waals surface area contributed by atoms with Crippen molar-refractivity contribution in [2.75, 3.05) is 18.5 Å². The topological polar surface area (TPSA) is 3.24 Å². The Hall–Kier alpha value is -0.980. The highest BCUT2D eigenvalue weighted by atomic mass is 15.1. The molecule has 0 aliphatic carbocycles. The molecule has 0 amide bonds. The second-order valence-corrected chi connectivity index (χ2v) is 2.87. The molecule has 0 N–H and O–H groups in total. The Balaban J connectivity index is 2.44. The monoisotopic (exact) mass is 145 g/mol. The Morgan fingerprint density at radius 1 is 1.36 bits per heavy atom. The third kappa shape index (κ3) is 1.11. The SMILES string of the molecule is CN1CC[C]c2ccccc21. The number of hydrogen-bond donors (Lipinski definition) is 0. The highest BCUT2D eigenvalue weighted by molar-refractivity contribution is 5.58. The first kappa shape index (κ1) is 6.71. The Morgan fingerprint density at radius 3 is 3.00 bits per heavy atom. The molecule has 1 heterocycles. The predicted octanol–water partition coefficient (Wildman–Crippen LogP) is 1.96. The van der Waals surface area contributed by atoms with Gasteiger partial charge in [0.2, 0.25) is 0 Å². The second kappa shape index (κ2) is 2.57. The van der Waals surface area contributed by atoms with Crippen LogP contribution in [0, 0.1) is 6.42 Å². The fourth-order valence-corrected chi connectivity index (χ4v) is 1.43. The zero-order valence-corrected chi connectivity index (χ0v) is 6.67. The first-order valence-electron chi connectivity index (χ1n) is 3.92. The quantitative estimate of drug-likeness (QED) is 0.539. The van der Waals surface area contributed by atoms with Crippen LogP contribution in [0.2, 0.25) is 0 Å². The van der Waals surface area contributed by atoms with Crippen LogP contribution in [0.25, 0.3) is 0 Å². The van der Waals surface area contributed by atoms with E-state index in [0.29, 0.717) is 0 Å². The van der Waals surface area contributed by atoms with Gasteiger partial charge in [-0.05, 0) is 18.1 Å². The van der Waals surface area contributed by atoms with Crippen LogP contribution in [0.3, 0.4) is 0 Å². The lowest BCUT2D eigenvalue weighted by Gasteiger charge is -2.26. The minimum atomic E-state index is 1.05. The van der Waals surface area contributed by atoms with E-state index in [-0.39, 0.29) is 0 Å². The maximum absolute atomic E-state index is 3.35. The number of benzene rings is 1. The normalized spacial score (nSPS) is 16.3. The maximum atomic E-state index is 3.35. The molecule has 1 aliphatic heterocycles. The van der Waals surface area contributed by atoms with Crippen LogP contribution < -0.4 is 4.90 Å². The van der Waals surface area contributed by atoms with E-state index in [4.69, 9.17) is 0 Å². The van der Waals surface area contributed by atoms with Gasteiger partial charge in [-0.2, -0.15) is 0 Å². The number of hydrogen-bond acceptors (Lipinski definition) is 1. The summed E-state index contributed by atoms with van der Waals surface area (Å²) >= 11 is 0. The molecule has 1 aliphatic rings. The first-order chi connectivity index (χ1) is 5.38. The van der Waals surface area contributed by atoms with Crippen LogP contribution in [0.15, 0.2) is 24.3 Å². The zero-order chi connectivity index (χ0) is 7.68. The average Bonchev–Trinajstić information content (AvgIpc) is 2.06. The molecule has 2 radical (unpaired) electrons. The van der Waals surface area contributed by atoms with E-state index in [1.165, 1.54) is 11.3 Å². The molecule has 0 saturated carbocycles. The molecule has 1 aromatic rings. The number of para-hydroxylation sites is 1. The van der Waals surface area contributed by atoms with E-state index in [9.17, 15) is 0 Å². The van der Waals surface area contributed by atoms with E-state index in [0.717, 1.165) is 13.0 Å². The van der Waals surface area contributed by atoms with E-state index < -0.39 is 0 Å². The van der Waals surface area contributed by atoms with Gasteiger partial charge < -0.3 is 4.90 Å². The van der Waals surface area contributed by atoms with Gasteiger partial charge in [0, 0.05) is 25.7 Å². The lowest BCUT2D eigenvalue weighted by atomic mass is 10.0. The van der Waals surface area contributed by atoms with Gasteiger partial charge in [0.15, 0.2) is 0 Å².